The minimum absolute atomic E-state index is 0.846. The van der Waals surface area contributed by atoms with Gasteiger partial charge in [0.25, 0.3) is 0 Å². The number of aryl methyl sites for hydroxylation is 1. The smallest absolute Gasteiger partial charge is 0.133 e. The molecular weight excluding hydrogens is 252 g/mol. The van der Waals surface area contributed by atoms with Gasteiger partial charge in [-0.3, -0.25) is 0 Å². The molecule has 0 aromatic carbocycles. The number of rotatable bonds is 11. The van der Waals surface area contributed by atoms with Gasteiger partial charge in [0.05, 0.1) is 0 Å². The van der Waals surface area contributed by atoms with E-state index in [0.29, 0.717) is 0 Å². The lowest BCUT2D eigenvalue weighted by molar-refractivity contribution is 0.192. The molecule has 0 amide bonds. The van der Waals surface area contributed by atoms with Crippen LogP contribution in [0.4, 0.5) is 11.6 Å². The molecule has 0 unspecified atom stereocenters. The summed E-state index contributed by atoms with van der Waals surface area (Å²) >= 11 is 0. The van der Waals surface area contributed by atoms with Gasteiger partial charge in [0.2, 0.25) is 0 Å². The highest BCUT2D eigenvalue weighted by molar-refractivity contribution is 5.47. The maximum Gasteiger partial charge on any atom is 0.133 e. The zero-order valence-corrected chi connectivity index (χ0v) is 13.0. The van der Waals surface area contributed by atoms with E-state index in [1.165, 1.54) is 6.42 Å². The standard InChI is InChI=1S/C15H28N4O/c1-4-9-13-18-14(16-5-2)12-15(19-13)17-10-7-6-8-11-20-3/h12H,4-11H2,1-3H3,(H2,16,17,18,19). The Morgan fingerprint density at radius 1 is 1.05 bits per heavy atom. The van der Waals surface area contributed by atoms with E-state index >= 15 is 0 Å². The van der Waals surface area contributed by atoms with Crippen molar-refractivity contribution in [2.24, 2.45) is 0 Å². The van der Waals surface area contributed by atoms with Crippen LogP contribution in [0.1, 0.15) is 45.4 Å². The predicted octanol–water partition coefficient (Wildman–Crippen LogP) is 3.09. The molecule has 2 N–H and O–H groups in total. The Bertz CT molecular complexity index is 347. The Balaban J connectivity index is 2.46. The molecule has 0 radical (unpaired) electrons. The van der Waals surface area contributed by atoms with Crippen LogP contribution in [0.25, 0.3) is 0 Å². The van der Waals surface area contributed by atoms with Crippen LogP contribution >= 0.6 is 0 Å². The summed E-state index contributed by atoms with van der Waals surface area (Å²) in [6.07, 6.45) is 5.40. The first-order valence-electron chi connectivity index (χ1n) is 7.64. The van der Waals surface area contributed by atoms with Gasteiger partial charge < -0.3 is 15.4 Å². The molecule has 1 heterocycles. The molecule has 0 aliphatic carbocycles. The van der Waals surface area contributed by atoms with Gasteiger partial charge in [0.15, 0.2) is 0 Å². The van der Waals surface area contributed by atoms with Crippen molar-refractivity contribution >= 4 is 11.6 Å². The topological polar surface area (TPSA) is 59.1 Å². The van der Waals surface area contributed by atoms with Crippen molar-refractivity contribution in [1.29, 1.82) is 0 Å². The van der Waals surface area contributed by atoms with Crippen LogP contribution in [0, 0.1) is 0 Å². The van der Waals surface area contributed by atoms with E-state index in [1.807, 2.05) is 6.07 Å². The number of methoxy groups -OCH3 is 1. The van der Waals surface area contributed by atoms with Gasteiger partial charge in [-0.15, -0.1) is 0 Å². The van der Waals surface area contributed by atoms with E-state index in [0.717, 1.165) is 62.8 Å². The number of aromatic nitrogens is 2. The summed E-state index contributed by atoms with van der Waals surface area (Å²) < 4.78 is 5.04. The lowest BCUT2D eigenvalue weighted by Gasteiger charge is -2.10. The number of nitrogens with one attached hydrogen (secondary N) is 2. The normalized spacial score (nSPS) is 10.6. The molecule has 0 atom stereocenters. The molecule has 0 spiro atoms. The summed E-state index contributed by atoms with van der Waals surface area (Å²) in [6, 6.07) is 1.98. The van der Waals surface area contributed by atoms with Crippen LogP contribution in [0.2, 0.25) is 0 Å². The van der Waals surface area contributed by atoms with Gasteiger partial charge in [0, 0.05) is 39.3 Å². The van der Waals surface area contributed by atoms with E-state index in [4.69, 9.17) is 4.74 Å². The van der Waals surface area contributed by atoms with Crippen molar-refractivity contribution < 1.29 is 4.74 Å². The largest absolute Gasteiger partial charge is 0.385 e. The first kappa shape index (κ1) is 16.7. The number of nitrogens with zero attached hydrogens (tertiary/aromatic N) is 2. The summed E-state index contributed by atoms with van der Waals surface area (Å²) in [6.45, 7) is 6.88. The van der Waals surface area contributed by atoms with Crippen LogP contribution in [0.3, 0.4) is 0 Å². The van der Waals surface area contributed by atoms with Crippen LogP contribution in [-0.4, -0.2) is 36.8 Å². The predicted molar refractivity (Wildman–Crippen MR) is 84.4 cm³/mol. The number of ether oxygens (including phenoxy) is 1. The minimum Gasteiger partial charge on any atom is -0.385 e. The average Bonchev–Trinajstić information content (AvgIpc) is 2.43. The van der Waals surface area contributed by atoms with Crippen LogP contribution in [0.5, 0.6) is 0 Å². The van der Waals surface area contributed by atoms with Crippen molar-refractivity contribution in [1.82, 2.24) is 9.97 Å². The number of anilines is 2. The lowest BCUT2D eigenvalue weighted by Crippen LogP contribution is -2.09. The van der Waals surface area contributed by atoms with Gasteiger partial charge in [0.1, 0.15) is 17.5 Å². The van der Waals surface area contributed by atoms with E-state index in [-0.39, 0.29) is 0 Å². The Hall–Kier alpha value is -1.36. The first-order valence-corrected chi connectivity index (χ1v) is 7.64. The van der Waals surface area contributed by atoms with Gasteiger partial charge in [-0.1, -0.05) is 6.92 Å². The summed E-state index contributed by atoms with van der Waals surface area (Å²) in [5.41, 5.74) is 0. The molecule has 1 rings (SSSR count). The fourth-order valence-corrected chi connectivity index (χ4v) is 1.96. The summed E-state index contributed by atoms with van der Waals surface area (Å²) in [4.78, 5) is 9.06. The second kappa shape index (κ2) is 10.4. The molecule has 0 fully saturated rings. The fraction of sp³-hybridized carbons (Fsp3) is 0.733. The zero-order valence-electron chi connectivity index (χ0n) is 13.0. The lowest BCUT2D eigenvalue weighted by atomic mass is 10.2. The van der Waals surface area contributed by atoms with Gasteiger partial charge in [-0.2, -0.15) is 0 Å². The molecule has 0 bridgehead atoms. The van der Waals surface area contributed by atoms with Gasteiger partial charge >= 0.3 is 0 Å². The van der Waals surface area contributed by atoms with Crippen molar-refractivity contribution in [3.8, 4) is 0 Å². The van der Waals surface area contributed by atoms with Crippen molar-refractivity contribution in [2.75, 3.05) is 37.4 Å². The third-order valence-corrected chi connectivity index (χ3v) is 2.94. The molecule has 0 saturated heterocycles. The Morgan fingerprint density at radius 2 is 1.80 bits per heavy atom. The Kier molecular flexibility index (Phi) is 8.71. The second-order valence-corrected chi connectivity index (χ2v) is 4.82. The quantitative estimate of drug-likeness (QED) is 0.610. The maximum atomic E-state index is 5.04. The number of hydrogen-bond donors (Lipinski definition) is 2. The SMILES string of the molecule is CCCc1nc(NCC)cc(NCCCCCOC)n1. The molecule has 20 heavy (non-hydrogen) atoms. The maximum absolute atomic E-state index is 5.04. The Morgan fingerprint density at radius 3 is 2.45 bits per heavy atom. The average molecular weight is 280 g/mol. The van der Waals surface area contributed by atoms with Crippen molar-refractivity contribution in [2.45, 2.75) is 46.0 Å². The van der Waals surface area contributed by atoms with Crippen molar-refractivity contribution in [3.63, 3.8) is 0 Å². The molecule has 0 aliphatic rings. The molecule has 114 valence electrons. The molecule has 1 aromatic rings. The van der Waals surface area contributed by atoms with Crippen LogP contribution in [0.15, 0.2) is 6.07 Å². The van der Waals surface area contributed by atoms with Crippen LogP contribution < -0.4 is 10.6 Å². The monoisotopic (exact) mass is 280 g/mol. The number of unbranched alkanes of at least 4 members (excludes halogenated alkanes) is 2. The second-order valence-electron chi connectivity index (χ2n) is 4.82. The third-order valence-electron chi connectivity index (χ3n) is 2.94. The van der Waals surface area contributed by atoms with Gasteiger partial charge in [-0.05, 0) is 32.6 Å². The molecule has 5 nitrogen and oxygen atoms in total. The van der Waals surface area contributed by atoms with E-state index in [2.05, 4.69) is 34.4 Å². The van der Waals surface area contributed by atoms with Gasteiger partial charge in [-0.25, -0.2) is 9.97 Å². The van der Waals surface area contributed by atoms with E-state index < -0.39 is 0 Å². The summed E-state index contributed by atoms with van der Waals surface area (Å²) in [5, 5.41) is 6.64. The summed E-state index contributed by atoms with van der Waals surface area (Å²) in [7, 11) is 1.75. The highest BCUT2D eigenvalue weighted by Gasteiger charge is 2.03. The molecule has 1 aromatic heterocycles. The van der Waals surface area contributed by atoms with Crippen LogP contribution in [-0.2, 0) is 11.2 Å². The highest BCUT2D eigenvalue weighted by atomic mass is 16.5. The molecule has 0 saturated carbocycles. The number of hydrogen-bond acceptors (Lipinski definition) is 5. The molecule has 5 heteroatoms. The third kappa shape index (κ3) is 6.70. The highest BCUT2D eigenvalue weighted by Crippen LogP contribution is 2.12. The molecular formula is C15H28N4O. The van der Waals surface area contributed by atoms with Crippen molar-refractivity contribution in [3.05, 3.63) is 11.9 Å². The van der Waals surface area contributed by atoms with E-state index in [9.17, 15) is 0 Å². The van der Waals surface area contributed by atoms with E-state index in [1.54, 1.807) is 7.11 Å². The molecule has 0 aliphatic heterocycles. The summed E-state index contributed by atoms with van der Waals surface area (Å²) in [5.74, 6) is 2.74. The Labute approximate surface area is 122 Å². The minimum atomic E-state index is 0.846. The zero-order chi connectivity index (χ0) is 14.6. The first-order chi connectivity index (χ1) is 9.80. The fourth-order valence-electron chi connectivity index (χ4n) is 1.96.